The molecule has 0 saturated carbocycles. The normalized spacial score (nSPS) is 10.3. The first-order chi connectivity index (χ1) is 11.0. The van der Waals surface area contributed by atoms with Crippen LogP contribution < -0.4 is 15.4 Å². The molecule has 0 spiro atoms. The molecule has 0 bridgehead atoms. The van der Waals surface area contributed by atoms with E-state index in [1.54, 1.807) is 12.1 Å². The van der Waals surface area contributed by atoms with E-state index in [1.165, 1.54) is 18.2 Å². The molecule has 23 heavy (non-hydrogen) atoms. The molecule has 0 heterocycles. The lowest BCUT2D eigenvalue weighted by Gasteiger charge is -2.10. The molecule has 0 aliphatic heterocycles. The predicted octanol–water partition coefficient (Wildman–Crippen LogP) is 4.99. The lowest BCUT2D eigenvalue weighted by Crippen LogP contribution is -2.32. The van der Waals surface area contributed by atoms with Gasteiger partial charge in [0, 0.05) is 5.69 Å². The maximum absolute atomic E-state index is 12.9. The molecule has 0 fully saturated rings. The van der Waals surface area contributed by atoms with Gasteiger partial charge in [-0.15, -0.1) is 0 Å². The lowest BCUT2D eigenvalue weighted by molar-refractivity contribution is 0.247. The van der Waals surface area contributed by atoms with Crippen molar-refractivity contribution in [1.82, 2.24) is 5.32 Å². The summed E-state index contributed by atoms with van der Waals surface area (Å²) < 4.78 is 18.2. The predicted molar refractivity (Wildman–Crippen MR) is 90.4 cm³/mol. The monoisotopic (exact) mass is 376 g/mol. The number of carbonyl (C=O) groups excluding carboxylic acids is 1. The fraction of sp³-hybridized carbons (Fsp3) is 0.133. The molecule has 0 atom stereocenters. The second kappa shape index (κ2) is 8.24. The number of carbonyl (C=O) groups is 1. The molecule has 2 aromatic carbocycles. The second-order valence-electron chi connectivity index (χ2n) is 4.43. The van der Waals surface area contributed by atoms with Crippen LogP contribution in [-0.4, -0.2) is 19.2 Å². The molecule has 122 valence electrons. The lowest BCUT2D eigenvalue weighted by atomic mass is 10.3. The van der Waals surface area contributed by atoms with Gasteiger partial charge in [0.15, 0.2) is 0 Å². The van der Waals surface area contributed by atoms with Crippen LogP contribution in [0.5, 0.6) is 5.75 Å². The Hall–Kier alpha value is -1.69. The summed E-state index contributed by atoms with van der Waals surface area (Å²) in [6.45, 7) is 0.418. The van der Waals surface area contributed by atoms with Crippen molar-refractivity contribution in [2.24, 2.45) is 0 Å². The van der Waals surface area contributed by atoms with Gasteiger partial charge in [-0.1, -0.05) is 34.8 Å². The van der Waals surface area contributed by atoms with Gasteiger partial charge in [0.1, 0.15) is 18.2 Å². The summed E-state index contributed by atoms with van der Waals surface area (Å²) in [4.78, 5) is 11.7. The zero-order valence-corrected chi connectivity index (χ0v) is 14.0. The largest absolute Gasteiger partial charge is 0.490 e. The van der Waals surface area contributed by atoms with Gasteiger partial charge in [0.05, 0.1) is 21.6 Å². The van der Waals surface area contributed by atoms with Crippen LogP contribution in [-0.2, 0) is 0 Å². The molecule has 0 radical (unpaired) electrons. The highest BCUT2D eigenvalue weighted by Gasteiger charge is 2.05. The van der Waals surface area contributed by atoms with E-state index in [0.29, 0.717) is 21.5 Å². The zero-order chi connectivity index (χ0) is 16.8. The number of amides is 2. The second-order valence-corrected chi connectivity index (χ2v) is 5.65. The Morgan fingerprint density at radius 1 is 1.04 bits per heavy atom. The summed E-state index contributed by atoms with van der Waals surface area (Å²) in [6.07, 6.45) is 0. The molecule has 8 heteroatoms. The van der Waals surface area contributed by atoms with E-state index in [9.17, 15) is 9.18 Å². The molecular formula is C15H12Cl3FN2O2. The highest BCUT2D eigenvalue weighted by atomic mass is 35.5. The summed E-state index contributed by atoms with van der Waals surface area (Å²) in [5.74, 6) is -0.0961. The van der Waals surface area contributed by atoms with E-state index in [0.717, 1.165) is 6.07 Å². The van der Waals surface area contributed by atoms with Gasteiger partial charge >= 0.3 is 6.03 Å². The Morgan fingerprint density at radius 2 is 1.83 bits per heavy atom. The molecule has 0 aliphatic rings. The Balaban J connectivity index is 1.75. The van der Waals surface area contributed by atoms with Crippen LogP contribution in [0.1, 0.15) is 0 Å². The van der Waals surface area contributed by atoms with Gasteiger partial charge in [-0.25, -0.2) is 9.18 Å². The van der Waals surface area contributed by atoms with Gasteiger partial charge in [0.25, 0.3) is 0 Å². The third-order valence-corrected chi connectivity index (χ3v) is 3.75. The standard InChI is InChI=1S/C15H12Cl3FN2O2/c16-11-3-2-10(8-12(11)17)21-15(22)20-5-6-23-14-4-1-9(19)7-13(14)18/h1-4,7-8H,5-6H2,(H2,20,21,22). The maximum Gasteiger partial charge on any atom is 0.319 e. The molecular weight excluding hydrogens is 366 g/mol. The van der Waals surface area contributed by atoms with Crippen LogP contribution >= 0.6 is 34.8 Å². The van der Waals surface area contributed by atoms with Gasteiger partial charge in [-0.2, -0.15) is 0 Å². The van der Waals surface area contributed by atoms with Gasteiger partial charge in [-0.3, -0.25) is 0 Å². The molecule has 0 unspecified atom stereocenters. The minimum absolute atomic E-state index is 0.172. The number of benzene rings is 2. The topological polar surface area (TPSA) is 50.4 Å². The highest BCUT2D eigenvalue weighted by Crippen LogP contribution is 2.25. The molecule has 2 N–H and O–H groups in total. The van der Waals surface area contributed by atoms with Crippen molar-refractivity contribution in [3.8, 4) is 5.75 Å². The minimum Gasteiger partial charge on any atom is -0.490 e. The van der Waals surface area contributed by atoms with Gasteiger partial charge in [0.2, 0.25) is 0 Å². The average Bonchev–Trinajstić information content (AvgIpc) is 2.49. The zero-order valence-electron chi connectivity index (χ0n) is 11.7. The van der Waals surface area contributed by atoms with E-state index in [4.69, 9.17) is 39.5 Å². The fourth-order valence-electron chi connectivity index (χ4n) is 1.67. The van der Waals surface area contributed by atoms with Crippen molar-refractivity contribution in [2.75, 3.05) is 18.5 Å². The fourth-order valence-corrected chi connectivity index (χ4v) is 2.19. The van der Waals surface area contributed by atoms with E-state index < -0.39 is 11.8 Å². The number of urea groups is 1. The maximum atomic E-state index is 12.9. The number of halogens is 4. The molecule has 0 aromatic heterocycles. The summed E-state index contributed by atoms with van der Waals surface area (Å²) in [6, 6.07) is 8.15. The Bertz CT molecular complexity index is 713. The van der Waals surface area contributed by atoms with Crippen LogP contribution in [0.2, 0.25) is 15.1 Å². The van der Waals surface area contributed by atoms with Crippen molar-refractivity contribution in [3.63, 3.8) is 0 Å². The van der Waals surface area contributed by atoms with Gasteiger partial charge < -0.3 is 15.4 Å². The first-order valence-electron chi connectivity index (χ1n) is 6.53. The Kier molecular flexibility index (Phi) is 6.33. The quantitative estimate of drug-likeness (QED) is 0.722. The van der Waals surface area contributed by atoms with Crippen LogP contribution in [0.4, 0.5) is 14.9 Å². The summed E-state index contributed by atoms with van der Waals surface area (Å²) >= 11 is 17.5. The van der Waals surface area contributed by atoms with Crippen molar-refractivity contribution < 1.29 is 13.9 Å². The number of anilines is 1. The van der Waals surface area contributed by atoms with Crippen LogP contribution in [0.15, 0.2) is 36.4 Å². The number of hydrogen-bond acceptors (Lipinski definition) is 2. The van der Waals surface area contributed by atoms with E-state index >= 15 is 0 Å². The first-order valence-corrected chi connectivity index (χ1v) is 7.67. The van der Waals surface area contributed by atoms with Crippen molar-refractivity contribution in [3.05, 3.63) is 57.3 Å². The van der Waals surface area contributed by atoms with Crippen LogP contribution in [0.25, 0.3) is 0 Å². The van der Waals surface area contributed by atoms with Crippen molar-refractivity contribution >= 4 is 46.5 Å². The molecule has 2 rings (SSSR count). The summed E-state index contributed by atoms with van der Waals surface area (Å²) in [5.41, 5.74) is 0.513. The smallest absolute Gasteiger partial charge is 0.319 e. The molecule has 2 amide bonds. The minimum atomic E-state index is -0.443. The molecule has 0 aliphatic carbocycles. The molecule has 0 saturated heterocycles. The van der Waals surface area contributed by atoms with Crippen molar-refractivity contribution in [2.45, 2.75) is 0 Å². The Labute approximate surface area is 147 Å². The van der Waals surface area contributed by atoms with Crippen LogP contribution in [0, 0.1) is 5.82 Å². The van der Waals surface area contributed by atoms with Crippen molar-refractivity contribution in [1.29, 1.82) is 0 Å². The third kappa shape index (κ3) is 5.46. The Morgan fingerprint density at radius 3 is 2.52 bits per heavy atom. The summed E-state index contributed by atoms with van der Waals surface area (Å²) in [5, 5.41) is 6.12. The number of hydrogen-bond donors (Lipinski definition) is 2. The number of rotatable bonds is 5. The number of ether oxygens (including phenoxy) is 1. The molecule has 2 aromatic rings. The van der Waals surface area contributed by atoms with Crippen LogP contribution in [0.3, 0.4) is 0 Å². The highest BCUT2D eigenvalue weighted by molar-refractivity contribution is 6.42. The van der Waals surface area contributed by atoms with Gasteiger partial charge in [-0.05, 0) is 36.4 Å². The SMILES string of the molecule is O=C(NCCOc1ccc(F)cc1Cl)Nc1ccc(Cl)c(Cl)c1. The first kappa shape index (κ1) is 17.7. The van der Waals surface area contributed by atoms with E-state index in [1.807, 2.05) is 0 Å². The number of nitrogens with one attached hydrogen (secondary N) is 2. The average molecular weight is 378 g/mol. The summed E-state index contributed by atoms with van der Waals surface area (Å²) in [7, 11) is 0. The van der Waals surface area contributed by atoms with E-state index in [2.05, 4.69) is 10.6 Å². The third-order valence-electron chi connectivity index (χ3n) is 2.72. The molecule has 4 nitrogen and oxygen atoms in total. The van der Waals surface area contributed by atoms with E-state index in [-0.39, 0.29) is 18.2 Å².